The molecule has 2 rings (SSSR count). The van der Waals surface area contributed by atoms with Gasteiger partial charge in [0.1, 0.15) is 5.82 Å². The fraction of sp³-hybridized carbons (Fsp3) is 0.273. The van der Waals surface area contributed by atoms with Crippen molar-refractivity contribution in [3.63, 3.8) is 0 Å². The van der Waals surface area contributed by atoms with Gasteiger partial charge >= 0.3 is 0 Å². The molecule has 1 heterocycles. The molecule has 1 atom stereocenters. The first-order valence-corrected chi connectivity index (χ1v) is 5.55. The zero-order valence-electron chi connectivity index (χ0n) is 8.54. The van der Waals surface area contributed by atoms with Gasteiger partial charge in [-0.25, -0.2) is 4.39 Å². The number of carbonyl (C=O) groups excluding carboxylic acids is 2. The van der Waals surface area contributed by atoms with E-state index in [-0.39, 0.29) is 18.2 Å². The molecule has 0 saturated carbocycles. The number of likely N-dealkylation sites (N-methyl/N-ethyl adjacent to an activating group) is 1. The van der Waals surface area contributed by atoms with E-state index in [9.17, 15) is 14.0 Å². The largest absolute Gasteiger partial charge is 0.285 e. The number of benzene rings is 1. The first-order valence-electron chi connectivity index (χ1n) is 4.76. The highest BCUT2D eigenvalue weighted by molar-refractivity contribution is 9.10. The zero-order chi connectivity index (χ0) is 11.9. The van der Waals surface area contributed by atoms with Crippen LogP contribution in [0.2, 0.25) is 0 Å². The first kappa shape index (κ1) is 11.3. The Bertz CT molecular complexity index is 475. The maximum absolute atomic E-state index is 13.3. The molecule has 1 aromatic rings. The molecule has 2 amide bonds. The third-order valence-electron chi connectivity index (χ3n) is 2.73. The molecule has 1 aromatic carbocycles. The van der Waals surface area contributed by atoms with Crippen LogP contribution in [-0.2, 0) is 9.59 Å². The number of hydrogen-bond acceptors (Lipinski definition) is 2. The zero-order valence-corrected chi connectivity index (χ0v) is 10.1. The van der Waals surface area contributed by atoms with Gasteiger partial charge in [-0.05, 0) is 33.6 Å². The minimum Gasteiger partial charge on any atom is -0.285 e. The van der Waals surface area contributed by atoms with Crippen molar-refractivity contribution in [1.29, 1.82) is 0 Å². The van der Waals surface area contributed by atoms with Gasteiger partial charge in [0.15, 0.2) is 0 Å². The molecule has 16 heavy (non-hydrogen) atoms. The second kappa shape index (κ2) is 3.97. The van der Waals surface area contributed by atoms with Crippen LogP contribution in [-0.4, -0.2) is 23.8 Å². The van der Waals surface area contributed by atoms with E-state index in [2.05, 4.69) is 15.9 Å². The molecule has 84 valence electrons. The molecule has 1 fully saturated rings. The van der Waals surface area contributed by atoms with Crippen LogP contribution in [0.15, 0.2) is 22.7 Å². The first-order chi connectivity index (χ1) is 7.50. The van der Waals surface area contributed by atoms with Crippen molar-refractivity contribution in [2.45, 2.75) is 12.3 Å². The molecule has 0 radical (unpaired) electrons. The van der Waals surface area contributed by atoms with Gasteiger partial charge in [-0.3, -0.25) is 14.5 Å². The number of nitrogens with zero attached hydrogens (tertiary/aromatic N) is 1. The fourth-order valence-electron chi connectivity index (χ4n) is 1.75. The third kappa shape index (κ3) is 1.75. The molecular formula is C11H9BrFNO2. The van der Waals surface area contributed by atoms with Gasteiger partial charge in [0.2, 0.25) is 11.8 Å². The van der Waals surface area contributed by atoms with Crippen LogP contribution in [0.1, 0.15) is 17.9 Å². The van der Waals surface area contributed by atoms with Crippen molar-refractivity contribution in [3.8, 4) is 0 Å². The minimum absolute atomic E-state index is 0.121. The van der Waals surface area contributed by atoms with Crippen molar-refractivity contribution in [3.05, 3.63) is 34.1 Å². The van der Waals surface area contributed by atoms with Crippen LogP contribution < -0.4 is 0 Å². The molecule has 1 aliphatic heterocycles. The SMILES string of the molecule is CN1C(=O)CC(c2ccc(Br)c(F)c2)C1=O. The number of carbonyl (C=O) groups is 2. The maximum atomic E-state index is 13.3. The molecule has 0 aromatic heterocycles. The highest BCUT2D eigenvalue weighted by Crippen LogP contribution is 2.30. The van der Waals surface area contributed by atoms with E-state index in [4.69, 9.17) is 0 Å². The summed E-state index contributed by atoms with van der Waals surface area (Å²) >= 11 is 3.04. The average molecular weight is 286 g/mol. The van der Waals surface area contributed by atoms with Gasteiger partial charge in [0, 0.05) is 13.5 Å². The van der Waals surface area contributed by atoms with E-state index >= 15 is 0 Å². The predicted molar refractivity (Wildman–Crippen MR) is 59.2 cm³/mol. The van der Waals surface area contributed by atoms with Crippen LogP contribution in [0.4, 0.5) is 4.39 Å². The molecule has 5 heteroatoms. The van der Waals surface area contributed by atoms with E-state index in [1.807, 2.05) is 0 Å². The van der Waals surface area contributed by atoms with Crippen molar-refractivity contribution in [2.75, 3.05) is 7.05 Å². The summed E-state index contributed by atoms with van der Waals surface area (Å²) in [6.45, 7) is 0. The van der Waals surface area contributed by atoms with E-state index in [0.29, 0.717) is 10.0 Å². The van der Waals surface area contributed by atoms with Crippen LogP contribution >= 0.6 is 15.9 Å². The summed E-state index contributed by atoms with van der Waals surface area (Å²) in [5.74, 6) is -1.46. The van der Waals surface area contributed by atoms with Crippen molar-refractivity contribution < 1.29 is 14.0 Å². The third-order valence-corrected chi connectivity index (χ3v) is 3.37. The standard InChI is InChI=1S/C11H9BrFNO2/c1-14-10(15)5-7(11(14)16)6-2-3-8(12)9(13)4-6/h2-4,7H,5H2,1H3. The van der Waals surface area contributed by atoms with E-state index in [1.165, 1.54) is 13.1 Å². The molecular weight excluding hydrogens is 277 g/mol. The van der Waals surface area contributed by atoms with Crippen molar-refractivity contribution in [2.24, 2.45) is 0 Å². The normalized spacial score (nSPS) is 20.7. The summed E-state index contributed by atoms with van der Waals surface area (Å²) in [5.41, 5.74) is 0.545. The molecule has 0 bridgehead atoms. The van der Waals surface area contributed by atoms with E-state index in [1.54, 1.807) is 12.1 Å². The van der Waals surface area contributed by atoms with Crippen molar-refractivity contribution >= 4 is 27.7 Å². The molecule has 1 unspecified atom stereocenters. The Kier molecular flexibility index (Phi) is 2.80. The van der Waals surface area contributed by atoms with Gasteiger partial charge < -0.3 is 0 Å². The van der Waals surface area contributed by atoms with Gasteiger partial charge in [-0.15, -0.1) is 0 Å². The lowest BCUT2D eigenvalue weighted by atomic mass is 9.97. The highest BCUT2D eigenvalue weighted by atomic mass is 79.9. The Morgan fingerprint density at radius 2 is 2.12 bits per heavy atom. The molecule has 3 nitrogen and oxygen atoms in total. The van der Waals surface area contributed by atoms with Gasteiger partial charge in [-0.1, -0.05) is 6.07 Å². The van der Waals surface area contributed by atoms with Gasteiger partial charge in [0.05, 0.1) is 10.4 Å². The Morgan fingerprint density at radius 3 is 2.62 bits per heavy atom. The molecule has 0 aliphatic carbocycles. The fourth-order valence-corrected chi connectivity index (χ4v) is 1.99. The lowest BCUT2D eigenvalue weighted by Gasteiger charge is -2.09. The van der Waals surface area contributed by atoms with Crippen LogP contribution in [0.25, 0.3) is 0 Å². The highest BCUT2D eigenvalue weighted by Gasteiger charge is 2.37. The molecule has 0 spiro atoms. The molecule has 0 N–H and O–H groups in total. The number of amides is 2. The van der Waals surface area contributed by atoms with E-state index in [0.717, 1.165) is 4.90 Å². The van der Waals surface area contributed by atoms with Gasteiger partial charge in [-0.2, -0.15) is 0 Å². The summed E-state index contributed by atoms with van der Waals surface area (Å²) < 4.78 is 13.6. The average Bonchev–Trinajstić information content (AvgIpc) is 2.50. The Labute approximate surface area is 100 Å². The summed E-state index contributed by atoms with van der Waals surface area (Å²) in [5, 5.41) is 0. The summed E-state index contributed by atoms with van der Waals surface area (Å²) in [6.07, 6.45) is 0.121. The van der Waals surface area contributed by atoms with Crippen LogP contribution in [0, 0.1) is 5.82 Å². The Balaban J connectivity index is 2.35. The number of rotatable bonds is 1. The summed E-state index contributed by atoms with van der Waals surface area (Å²) in [4.78, 5) is 24.1. The van der Waals surface area contributed by atoms with Crippen LogP contribution in [0.3, 0.4) is 0 Å². The number of hydrogen-bond donors (Lipinski definition) is 0. The van der Waals surface area contributed by atoms with Gasteiger partial charge in [0.25, 0.3) is 0 Å². The molecule has 1 saturated heterocycles. The smallest absolute Gasteiger partial charge is 0.236 e. The Hall–Kier alpha value is -1.23. The molecule has 1 aliphatic rings. The quantitative estimate of drug-likeness (QED) is 0.741. The Morgan fingerprint density at radius 1 is 1.44 bits per heavy atom. The topological polar surface area (TPSA) is 37.4 Å². The predicted octanol–water partition coefficient (Wildman–Crippen LogP) is 2.06. The second-order valence-corrected chi connectivity index (χ2v) is 4.58. The monoisotopic (exact) mass is 285 g/mol. The number of halogens is 2. The summed E-state index contributed by atoms with van der Waals surface area (Å²) in [6, 6.07) is 4.49. The van der Waals surface area contributed by atoms with Crippen LogP contribution in [0.5, 0.6) is 0 Å². The summed E-state index contributed by atoms with van der Waals surface area (Å²) in [7, 11) is 1.44. The van der Waals surface area contributed by atoms with E-state index < -0.39 is 11.7 Å². The van der Waals surface area contributed by atoms with Crippen molar-refractivity contribution in [1.82, 2.24) is 4.90 Å². The minimum atomic E-state index is -0.542. The number of imide groups is 1. The lowest BCUT2D eigenvalue weighted by molar-refractivity contribution is -0.137. The second-order valence-electron chi connectivity index (χ2n) is 3.72. The maximum Gasteiger partial charge on any atom is 0.236 e. The number of likely N-dealkylation sites (tertiary alicyclic amines) is 1. The lowest BCUT2D eigenvalue weighted by Crippen LogP contribution is -2.25.